The van der Waals surface area contributed by atoms with E-state index in [0.717, 1.165) is 0 Å². The normalized spacial score (nSPS) is 12.5. The van der Waals surface area contributed by atoms with Gasteiger partial charge in [-0.3, -0.25) is 19.2 Å². The third-order valence-corrected chi connectivity index (χ3v) is 3.95. The molecule has 30 heavy (non-hydrogen) atoms. The molecule has 0 aromatic rings. The number of thiol groups is 1. The van der Waals surface area contributed by atoms with Gasteiger partial charge in [0.15, 0.2) is 0 Å². The molecular weight excluding hydrogens is 641 g/mol. The number of nitrogens with one attached hydrogen (secondary N) is 2. The number of hydrogen-bond acceptors (Lipinski definition) is 9. The zero-order valence-corrected chi connectivity index (χ0v) is 22.8. The van der Waals surface area contributed by atoms with Crippen LogP contribution < -0.4 is 22.1 Å². The summed E-state index contributed by atoms with van der Waals surface area (Å²) >= 11 is 10.7. The number of amides is 2. The molecule has 0 rings (SSSR count). The van der Waals surface area contributed by atoms with E-state index in [9.17, 15) is 24.0 Å². The molecule has 0 aromatic heterocycles. The van der Waals surface area contributed by atoms with E-state index in [2.05, 4.69) is 69.1 Å². The molecule has 0 spiro atoms. The van der Waals surface area contributed by atoms with Gasteiger partial charge in [-0.05, 0) is 6.42 Å². The molecule has 0 radical (unpaired) electrons. The van der Waals surface area contributed by atoms with E-state index in [0.29, 0.717) is 5.32 Å². The van der Waals surface area contributed by atoms with Gasteiger partial charge in [-0.25, -0.2) is 0 Å². The minimum atomic E-state index is -1.22. The van der Waals surface area contributed by atoms with Crippen LogP contribution in [0.3, 0.4) is 0 Å². The second-order valence-electron chi connectivity index (χ2n) is 5.11. The van der Waals surface area contributed by atoms with Crippen molar-refractivity contribution < 1.29 is 39.3 Å². The van der Waals surface area contributed by atoms with Crippen LogP contribution in [0.4, 0.5) is 0 Å². The van der Waals surface area contributed by atoms with Gasteiger partial charge in [-0.15, -0.1) is 0 Å². The second-order valence-corrected chi connectivity index (χ2v) is 12.8. The summed E-state index contributed by atoms with van der Waals surface area (Å²) in [5, 5.41) is 29.8. The molecular formula is C13H26N4O8S2Se3. The fourth-order valence-electron chi connectivity index (χ4n) is 1.23. The first-order valence-electron chi connectivity index (χ1n) is 7.80. The summed E-state index contributed by atoms with van der Waals surface area (Å²) in [6.07, 6.45) is -0.235. The van der Waals surface area contributed by atoms with E-state index in [-0.39, 0.29) is 18.6 Å². The van der Waals surface area contributed by atoms with Crippen LogP contribution in [0.25, 0.3) is 0 Å². The van der Waals surface area contributed by atoms with Crippen molar-refractivity contribution in [1.82, 2.24) is 10.6 Å². The molecule has 0 aliphatic carbocycles. The van der Waals surface area contributed by atoms with Crippen LogP contribution in [0.2, 0.25) is 5.32 Å². The molecule has 3 atom stereocenters. The van der Waals surface area contributed by atoms with Gasteiger partial charge in [0, 0.05) is 12.2 Å². The second kappa shape index (κ2) is 21.7. The van der Waals surface area contributed by atoms with E-state index in [1.54, 1.807) is 8.60 Å². The van der Waals surface area contributed by atoms with E-state index in [1.807, 2.05) is 0 Å². The number of carbonyl (C=O) groups is 5. The van der Waals surface area contributed by atoms with Crippen LogP contribution >= 0.6 is 21.2 Å². The van der Waals surface area contributed by atoms with Crippen LogP contribution in [0.5, 0.6) is 0 Å². The Labute approximate surface area is 205 Å². The third kappa shape index (κ3) is 22.2. The van der Waals surface area contributed by atoms with Crippen LogP contribution in [-0.4, -0.2) is 121 Å². The fourth-order valence-corrected chi connectivity index (χ4v) is 1.82. The molecule has 0 aliphatic heterocycles. The summed E-state index contributed by atoms with van der Waals surface area (Å²) in [5.41, 5.74) is 10.2. The summed E-state index contributed by atoms with van der Waals surface area (Å²) in [5.74, 6) is -4.65. The Morgan fingerprint density at radius 1 is 1.00 bits per heavy atom. The van der Waals surface area contributed by atoms with Crippen LogP contribution in [0, 0.1) is 0 Å². The number of rotatable bonds is 11. The molecule has 0 fully saturated rings. The van der Waals surface area contributed by atoms with Gasteiger partial charge in [-0.2, -0.15) is 12.6 Å². The Hall–Kier alpha value is -0.472. The molecule has 0 unspecified atom stereocenters. The van der Waals surface area contributed by atoms with Crippen molar-refractivity contribution in [2.75, 3.05) is 12.3 Å². The minimum absolute atomic E-state index is 0.0256. The molecule has 12 nitrogen and oxygen atoms in total. The summed E-state index contributed by atoms with van der Waals surface area (Å²) in [4.78, 5) is 53.5. The van der Waals surface area contributed by atoms with Gasteiger partial charge in [0.1, 0.15) is 18.6 Å². The predicted octanol–water partition coefficient (Wildman–Crippen LogP) is -4.14. The van der Waals surface area contributed by atoms with Gasteiger partial charge in [-0.1, -0.05) is 0 Å². The van der Waals surface area contributed by atoms with Gasteiger partial charge < -0.3 is 26.6 Å². The molecule has 0 bridgehead atoms. The summed E-state index contributed by atoms with van der Waals surface area (Å²) in [7, 11) is 1.62. The molecule has 0 heterocycles. The Morgan fingerprint density at radius 2 is 1.47 bits per heavy atom. The van der Waals surface area contributed by atoms with E-state index in [4.69, 9.17) is 26.8 Å². The molecule has 0 saturated carbocycles. The Kier molecular flexibility index (Phi) is 24.8. The van der Waals surface area contributed by atoms with Crippen molar-refractivity contribution in [3.63, 3.8) is 0 Å². The van der Waals surface area contributed by atoms with Crippen LogP contribution in [0.1, 0.15) is 12.8 Å². The van der Waals surface area contributed by atoms with Gasteiger partial charge >= 0.3 is 99.3 Å². The Balaban J connectivity index is -0.000000603. The average molecular weight is 667 g/mol. The van der Waals surface area contributed by atoms with Crippen LogP contribution in [-0.2, 0) is 24.0 Å². The summed E-state index contributed by atoms with van der Waals surface area (Å²) in [6, 6.07) is -2.86. The van der Waals surface area contributed by atoms with E-state index < -0.39 is 54.4 Å². The number of carboxylic acid groups (broad SMARTS) is 3. The topological polar surface area (TPSA) is 222 Å². The average Bonchev–Trinajstić information content (AvgIpc) is 2.68. The fraction of sp³-hybridized carbons (Fsp3) is 0.615. The predicted molar refractivity (Wildman–Crippen MR) is 121 cm³/mol. The molecule has 0 aromatic carbocycles. The summed E-state index contributed by atoms with van der Waals surface area (Å²) < 4.78 is 0. The zero-order chi connectivity index (χ0) is 24.3. The zero-order valence-electron chi connectivity index (χ0n) is 15.5. The van der Waals surface area contributed by atoms with Gasteiger partial charge in [0.05, 0.1) is 0 Å². The first-order chi connectivity index (χ1) is 13.9. The quantitative estimate of drug-likeness (QED) is 0.0781. The van der Waals surface area contributed by atoms with Crippen molar-refractivity contribution in [3.8, 4) is 0 Å². The molecule has 0 aliphatic rings. The first kappa shape index (κ1) is 34.1. The number of hydrogen-bond donors (Lipinski definition) is 8. The molecule has 176 valence electrons. The number of aliphatic carboxylic acids is 3. The monoisotopic (exact) mass is 670 g/mol. The summed E-state index contributed by atoms with van der Waals surface area (Å²) in [6.45, 7) is -0.567. The number of carbonyl (C=O) groups excluding carboxylic acids is 2. The Bertz CT molecular complexity index is 562. The number of nitrogens with two attached hydrogens (primary N) is 2. The molecule has 0 saturated heterocycles. The molecule has 17 heteroatoms. The van der Waals surface area contributed by atoms with Crippen molar-refractivity contribution in [1.29, 1.82) is 0 Å². The Morgan fingerprint density at radius 3 is 1.77 bits per heavy atom. The number of carboxylic acids is 3. The van der Waals surface area contributed by atoms with Crippen LogP contribution in [0.15, 0.2) is 0 Å². The van der Waals surface area contributed by atoms with Gasteiger partial charge in [0.25, 0.3) is 0 Å². The molecule has 9 N–H and O–H groups in total. The first-order valence-corrected chi connectivity index (χ1v) is 15.1. The van der Waals surface area contributed by atoms with Crippen molar-refractivity contribution >= 4 is 96.7 Å². The van der Waals surface area contributed by atoms with Gasteiger partial charge in [0.2, 0.25) is 11.8 Å². The standard InChI is InChI=1S/C10H17N3O6S.C3H7NO2Se.H2SSe2/c11-5(10(18)19)1-2-7(14)13-6(4-20)9(17)12-3-8(15)16;4-2(1-7)3(5)6;2-1-3/h5-6,20H,1-4,11H2,(H,12,17)(H,13,14)(H,15,16)(H,18,19);2,7H,1,4H2,(H,5,6);2-3H/t5-,6-;2-;/m00./s1. The van der Waals surface area contributed by atoms with E-state index in [1.165, 1.54) is 0 Å². The third-order valence-electron chi connectivity index (χ3n) is 2.76. The SMILES string of the molecule is N[C@@H](CCC(=O)N[C@@H](CS)C(=O)NCC(=O)O)C(=O)O.N[C@@H](C[SeH])C(=O)O.[SeH]S[SeH]. The van der Waals surface area contributed by atoms with Crippen molar-refractivity contribution in [3.05, 3.63) is 0 Å². The van der Waals surface area contributed by atoms with Crippen molar-refractivity contribution in [2.45, 2.75) is 36.3 Å². The van der Waals surface area contributed by atoms with E-state index >= 15 is 0 Å². The molecule has 2 amide bonds. The maximum absolute atomic E-state index is 11.5. The van der Waals surface area contributed by atoms with Crippen molar-refractivity contribution in [2.24, 2.45) is 11.5 Å². The maximum atomic E-state index is 11.5.